The first-order chi connectivity index (χ1) is 8.43. The van der Waals surface area contributed by atoms with Crippen LogP contribution >= 0.6 is 11.8 Å². The zero-order valence-corrected chi connectivity index (χ0v) is 12.4. The van der Waals surface area contributed by atoms with Gasteiger partial charge in [-0.3, -0.25) is 0 Å². The Morgan fingerprint density at radius 1 is 1.44 bits per heavy atom. The van der Waals surface area contributed by atoms with Crippen molar-refractivity contribution in [3.05, 3.63) is 0 Å². The second kappa shape index (κ2) is 5.17. The second-order valence-corrected chi connectivity index (χ2v) is 7.22. The molecular weight excluding hydrogens is 246 g/mol. The van der Waals surface area contributed by atoms with Gasteiger partial charge in [-0.1, -0.05) is 39.5 Å². The third-order valence-electron chi connectivity index (χ3n) is 3.30. The lowest BCUT2D eigenvalue weighted by atomic mass is 9.87. The predicted octanol–water partition coefficient (Wildman–Crippen LogP) is 2.25. The van der Waals surface area contributed by atoms with E-state index in [9.17, 15) is 0 Å². The van der Waals surface area contributed by atoms with Gasteiger partial charge in [0.15, 0.2) is 0 Å². The van der Waals surface area contributed by atoms with Crippen LogP contribution in [0.4, 0.5) is 0 Å². The summed E-state index contributed by atoms with van der Waals surface area (Å²) >= 11 is 1.73. The summed E-state index contributed by atoms with van der Waals surface area (Å²) in [5.41, 5.74) is 6.40. The first kappa shape index (κ1) is 13.8. The largest absolute Gasteiger partial charge is 0.327 e. The predicted molar refractivity (Wildman–Crippen MR) is 73.5 cm³/mol. The fourth-order valence-electron chi connectivity index (χ4n) is 2.05. The van der Waals surface area contributed by atoms with Crippen molar-refractivity contribution in [2.75, 3.05) is 0 Å². The average Bonchev–Trinajstić information content (AvgIpc) is 3.03. The molecule has 18 heavy (non-hydrogen) atoms. The highest BCUT2D eigenvalue weighted by molar-refractivity contribution is 7.99. The van der Waals surface area contributed by atoms with Crippen molar-refractivity contribution in [3.63, 3.8) is 0 Å². The van der Waals surface area contributed by atoms with Crippen molar-refractivity contribution in [2.24, 2.45) is 11.1 Å². The van der Waals surface area contributed by atoms with E-state index >= 15 is 0 Å². The van der Waals surface area contributed by atoms with Crippen LogP contribution in [0.15, 0.2) is 5.16 Å². The lowest BCUT2D eigenvalue weighted by molar-refractivity contribution is 0.349. The van der Waals surface area contributed by atoms with E-state index in [1.807, 2.05) is 4.68 Å². The summed E-state index contributed by atoms with van der Waals surface area (Å²) in [5, 5.41) is 13.3. The van der Waals surface area contributed by atoms with Gasteiger partial charge in [0, 0.05) is 11.3 Å². The van der Waals surface area contributed by atoms with Crippen LogP contribution in [-0.2, 0) is 0 Å². The normalized spacial score (nSPS) is 19.8. The zero-order chi connectivity index (χ0) is 13.3. The van der Waals surface area contributed by atoms with E-state index in [1.165, 1.54) is 12.8 Å². The average molecular weight is 269 g/mol. The Hall–Kier alpha value is -0.620. The van der Waals surface area contributed by atoms with E-state index in [-0.39, 0.29) is 11.5 Å². The van der Waals surface area contributed by atoms with Crippen LogP contribution in [0.25, 0.3) is 0 Å². The minimum absolute atomic E-state index is 0.139. The first-order valence-corrected chi connectivity index (χ1v) is 7.51. The molecule has 2 unspecified atom stereocenters. The van der Waals surface area contributed by atoms with Crippen molar-refractivity contribution in [1.29, 1.82) is 0 Å². The summed E-state index contributed by atoms with van der Waals surface area (Å²) < 4.78 is 1.96. The molecule has 5 nitrogen and oxygen atoms in total. The summed E-state index contributed by atoms with van der Waals surface area (Å²) in [6.07, 6.45) is 3.36. The number of hydrogen-bond acceptors (Lipinski definition) is 5. The topological polar surface area (TPSA) is 69.6 Å². The maximum atomic E-state index is 6.26. The number of thioether (sulfide) groups is 1. The third kappa shape index (κ3) is 3.03. The molecule has 1 saturated carbocycles. The van der Waals surface area contributed by atoms with Gasteiger partial charge in [-0.05, 0) is 35.1 Å². The highest BCUT2D eigenvalue weighted by Crippen LogP contribution is 2.41. The Bertz CT molecular complexity index is 393. The molecule has 0 bridgehead atoms. The highest BCUT2D eigenvalue weighted by Gasteiger charge is 2.34. The van der Waals surface area contributed by atoms with Crippen LogP contribution in [0.3, 0.4) is 0 Å². The van der Waals surface area contributed by atoms with Crippen molar-refractivity contribution in [2.45, 2.75) is 69.4 Å². The molecule has 2 N–H and O–H groups in total. The highest BCUT2D eigenvalue weighted by atomic mass is 32.2. The van der Waals surface area contributed by atoms with E-state index in [0.29, 0.717) is 11.3 Å². The second-order valence-electron chi connectivity index (χ2n) is 6.11. The maximum absolute atomic E-state index is 6.26. The van der Waals surface area contributed by atoms with E-state index in [0.717, 1.165) is 11.6 Å². The molecule has 1 aromatic rings. The smallest absolute Gasteiger partial charge is 0.209 e. The molecule has 1 aliphatic rings. The minimum Gasteiger partial charge on any atom is -0.327 e. The van der Waals surface area contributed by atoms with Gasteiger partial charge in [-0.15, -0.1) is 5.10 Å². The van der Waals surface area contributed by atoms with Crippen molar-refractivity contribution in [3.8, 4) is 0 Å². The number of nitrogens with two attached hydrogens (primary N) is 1. The van der Waals surface area contributed by atoms with E-state index in [4.69, 9.17) is 5.73 Å². The van der Waals surface area contributed by atoms with Gasteiger partial charge in [0.1, 0.15) is 0 Å². The fraction of sp³-hybridized carbons (Fsp3) is 0.917. The molecule has 0 saturated heterocycles. The molecule has 6 heteroatoms. The summed E-state index contributed by atoms with van der Waals surface area (Å²) in [7, 11) is 0. The number of nitrogens with zero attached hydrogens (tertiary/aromatic N) is 4. The Morgan fingerprint density at radius 3 is 2.61 bits per heavy atom. The lowest BCUT2D eigenvalue weighted by Gasteiger charge is -2.33. The Labute approximate surface area is 113 Å². The van der Waals surface area contributed by atoms with Gasteiger partial charge < -0.3 is 5.73 Å². The zero-order valence-electron chi connectivity index (χ0n) is 11.6. The SMILES string of the molecule is CCC(N)C(Sc1nnnn1C1CC1)C(C)(C)C. The molecule has 2 atom stereocenters. The fourth-order valence-corrected chi connectivity index (χ4v) is 3.37. The molecule has 102 valence electrons. The molecule has 2 rings (SSSR count). The Balaban J connectivity index is 2.15. The summed E-state index contributed by atoms with van der Waals surface area (Å²) in [4.78, 5) is 0. The van der Waals surface area contributed by atoms with Crippen molar-refractivity contribution < 1.29 is 0 Å². The van der Waals surface area contributed by atoms with Crippen LogP contribution in [0.5, 0.6) is 0 Å². The molecule has 0 amide bonds. The number of aromatic nitrogens is 4. The molecule has 0 aromatic carbocycles. The first-order valence-electron chi connectivity index (χ1n) is 6.63. The van der Waals surface area contributed by atoms with Gasteiger partial charge in [0.25, 0.3) is 0 Å². The summed E-state index contributed by atoms with van der Waals surface area (Å²) in [5.74, 6) is 0. The molecule has 1 heterocycles. The molecule has 1 aromatic heterocycles. The molecule has 0 radical (unpaired) electrons. The lowest BCUT2D eigenvalue weighted by Crippen LogP contribution is -2.40. The van der Waals surface area contributed by atoms with Gasteiger partial charge in [0.05, 0.1) is 6.04 Å². The van der Waals surface area contributed by atoms with Crippen molar-refractivity contribution >= 4 is 11.8 Å². The van der Waals surface area contributed by atoms with Crippen molar-refractivity contribution in [1.82, 2.24) is 20.2 Å². The minimum atomic E-state index is 0.139. The quantitative estimate of drug-likeness (QED) is 0.830. The number of hydrogen-bond donors (Lipinski definition) is 1. The molecular formula is C12H23N5S. The third-order valence-corrected chi connectivity index (χ3v) is 5.09. The van der Waals surface area contributed by atoms with Crippen LogP contribution in [-0.4, -0.2) is 31.5 Å². The summed E-state index contributed by atoms with van der Waals surface area (Å²) in [6, 6.07) is 0.681. The standard InChI is InChI=1S/C12H23N5S/c1-5-9(13)10(12(2,3)4)18-11-14-15-16-17(11)8-6-7-8/h8-10H,5-7,13H2,1-4H3. The van der Waals surface area contributed by atoms with Crippen LogP contribution in [0.2, 0.25) is 0 Å². The number of rotatable bonds is 5. The maximum Gasteiger partial charge on any atom is 0.209 e. The monoisotopic (exact) mass is 269 g/mol. The van der Waals surface area contributed by atoms with Crippen LogP contribution < -0.4 is 5.73 Å². The van der Waals surface area contributed by atoms with Gasteiger partial charge in [0.2, 0.25) is 5.16 Å². The molecule has 0 aliphatic heterocycles. The van der Waals surface area contributed by atoms with Crippen LogP contribution in [0.1, 0.15) is 53.0 Å². The molecule has 0 spiro atoms. The van der Waals surface area contributed by atoms with E-state index in [1.54, 1.807) is 11.8 Å². The van der Waals surface area contributed by atoms with Gasteiger partial charge in [-0.2, -0.15) is 0 Å². The summed E-state index contributed by atoms with van der Waals surface area (Å²) in [6.45, 7) is 8.82. The number of tetrazole rings is 1. The Morgan fingerprint density at radius 2 is 2.11 bits per heavy atom. The van der Waals surface area contributed by atoms with E-state index in [2.05, 4.69) is 43.2 Å². The van der Waals surface area contributed by atoms with Gasteiger partial charge >= 0.3 is 0 Å². The van der Waals surface area contributed by atoms with E-state index < -0.39 is 0 Å². The van der Waals surface area contributed by atoms with Crippen LogP contribution in [0, 0.1) is 5.41 Å². The Kier molecular flexibility index (Phi) is 3.96. The van der Waals surface area contributed by atoms with Gasteiger partial charge in [-0.25, -0.2) is 4.68 Å². The molecule has 1 fully saturated rings. The molecule has 1 aliphatic carbocycles.